The van der Waals surface area contributed by atoms with Crippen LogP contribution in [0.25, 0.3) is 17.2 Å². The van der Waals surface area contributed by atoms with Crippen LogP contribution in [0.15, 0.2) is 59.4 Å². The van der Waals surface area contributed by atoms with Gasteiger partial charge in [0.25, 0.3) is 5.56 Å². The SMILES string of the molecule is COc1cccc(NC(=O)Cn2c(C)cc(=O)n3nc(-c4ccccc4Cl)nc23)c1. The van der Waals surface area contributed by atoms with Crippen LogP contribution in [0, 0.1) is 6.92 Å². The highest BCUT2D eigenvalue weighted by molar-refractivity contribution is 6.33. The van der Waals surface area contributed by atoms with Crippen LogP contribution in [0.3, 0.4) is 0 Å². The van der Waals surface area contributed by atoms with Crippen molar-refractivity contribution in [2.45, 2.75) is 13.5 Å². The molecule has 4 rings (SSSR count). The summed E-state index contributed by atoms with van der Waals surface area (Å²) in [6, 6.07) is 15.6. The lowest BCUT2D eigenvalue weighted by atomic mass is 10.2. The molecule has 0 radical (unpaired) electrons. The lowest BCUT2D eigenvalue weighted by molar-refractivity contribution is -0.116. The maximum atomic E-state index is 12.7. The number of anilines is 1. The second-order valence-corrected chi connectivity index (χ2v) is 7.02. The van der Waals surface area contributed by atoms with E-state index in [1.165, 1.54) is 10.6 Å². The highest BCUT2D eigenvalue weighted by Crippen LogP contribution is 2.25. The Bertz CT molecular complexity index is 1310. The Hall–Kier alpha value is -3.65. The van der Waals surface area contributed by atoms with Crippen LogP contribution in [0.4, 0.5) is 5.69 Å². The van der Waals surface area contributed by atoms with E-state index in [1.807, 2.05) is 6.07 Å². The number of benzene rings is 2. The van der Waals surface area contributed by atoms with Gasteiger partial charge in [0, 0.05) is 29.1 Å². The summed E-state index contributed by atoms with van der Waals surface area (Å²) in [6.07, 6.45) is 0. The summed E-state index contributed by atoms with van der Waals surface area (Å²) in [4.78, 5) is 29.6. The van der Waals surface area contributed by atoms with Gasteiger partial charge < -0.3 is 14.6 Å². The Balaban J connectivity index is 1.70. The van der Waals surface area contributed by atoms with E-state index in [-0.39, 0.29) is 23.8 Å². The average Bonchev–Trinajstić information content (AvgIpc) is 3.17. The zero-order chi connectivity index (χ0) is 21.3. The predicted molar refractivity (Wildman–Crippen MR) is 114 cm³/mol. The molecule has 0 unspecified atom stereocenters. The third-order valence-electron chi connectivity index (χ3n) is 4.57. The molecule has 0 fully saturated rings. The summed E-state index contributed by atoms with van der Waals surface area (Å²) < 4.78 is 7.98. The van der Waals surface area contributed by atoms with Gasteiger partial charge in [-0.05, 0) is 31.2 Å². The number of methoxy groups -OCH3 is 1. The molecule has 2 aromatic heterocycles. The zero-order valence-electron chi connectivity index (χ0n) is 16.3. The van der Waals surface area contributed by atoms with Crippen molar-refractivity contribution in [3.63, 3.8) is 0 Å². The highest BCUT2D eigenvalue weighted by atomic mass is 35.5. The zero-order valence-corrected chi connectivity index (χ0v) is 17.1. The molecule has 0 saturated carbocycles. The number of carbonyl (C=O) groups excluding carboxylic acids is 1. The topological polar surface area (TPSA) is 90.5 Å². The summed E-state index contributed by atoms with van der Waals surface area (Å²) in [5, 5.41) is 7.59. The minimum absolute atomic E-state index is 0.0481. The van der Waals surface area contributed by atoms with Crippen molar-refractivity contribution in [2.24, 2.45) is 0 Å². The van der Waals surface area contributed by atoms with E-state index in [1.54, 1.807) is 61.1 Å². The first kappa shape index (κ1) is 19.7. The molecular weight excluding hydrogens is 406 g/mol. The standard InChI is InChI=1S/C21H18ClN5O3/c1-13-10-19(29)27-21(24-20(25-27)16-8-3-4-9-17(16)22)26(13)12-18(28)23-14-6-5-7-15(11-14)30-2/h3-11H,12H2,1-2H3,(H,23,28). The first-order chi connectivity index (χ1) is 14.5. The molecule has 0 atom stereocenters. The Morgan fingerprint density at radius 3 is 2.73 bits per heavy atom. The molecule has 1 N–H and O–H groups in total. The molecule has 152 valence electrons. The molecule has 4 aromatic rings. The molecule has 0 aliphatic carbocycles. The fourth-order valence-electron chi connectivity index (χ4n) is 3.10. The van der Waals surface area contributed by atoms with Gasteiger partial charge in [-0.3, -0.25) is 9.59 Å². The van der Waals surface area contributed by atoms with Crippen molar-refractivity contribution < 1.29 is 9.53 Å². The lowest BCUT2D eigenvalue weighted by Gasteiger charge is -2.12. The molecule has 0 saturated heterocycles. The van der Waals surface area contributed by atoms with E-state index in [2.05, 4.69) is 15.4 Å². The summed E-state index contributed by atoms with van der Waals surface area (Å²) >= 11 is 6.25. The number of hydrogen-bond acceptors (Lipinski definition) is 5. The van der Waals surface area contributed by atoms with Gasteiger partial charge in [-0.1, -0.05) is 29.8 Å². The highest BCUT2D eigenvalue weighted by Gasteiger charge is 2.17. The molecule has 1 amide bonds. The second-order valence-electron chi connectivity index (χ2n) is 6.62. The number of rotatable bonds is 5. The summed E-state index contributed by atoms with van der Waals surface area (Å²) in [5.74, 6) is 0.928. The minimum atomic E-state index is -0.335. The van der Waals surface area contributed by atoms with E-state index in [0.29, 0.717) is 33.5 Å². The van der Waals surface area contributed by atoms with Crippen LogP contribution < -0.4 is 15.6 Å². The van der Waals surface area contributed by atoms with Crippen LogP contribution in [-0.2, 0) is 11.3 Å². The van der Waals surface area contributed by atoms with Crippen molar-refractivity contribution >= 4 is 29.0 Å². The number of nitrogens with one attached hydrogen (secondary N) is 1. The molecule has 0 aliphatic rings. The predicted octanol–water partition coefficient (Wildman–Crippen LogP) is 3.17. The Labute approximate surface area is 176 Å². The first-order valence-electron chi connectivity index (χ1n) is 9.12. The molecule has 0 bridgehead atoms. The summed E-state index contributed by atoms with van der Waals surface area (Å²) in [7, 11) is 1.56. The first-order valence-corrected chi connectivity index (χ1v) is 9.50. The monoisotopic (exact) mass is 423 g/mol. The summed E-state index contributed by atoms with van der Waals surface area (Å²) in [5.41, 5.74) is 1.46. The quantitative estimate of drug-likeness (QED) is 0.532. The molecule has 9 heteroatoms. The average molecular weight is 424 g/mol. The fraction of sp³-hybridized carbons (Fsp3) is 0.143. The third-order valence-corrected chi connectivity index (χ3v) is 4.90. The number of fused-ring (bicyclic) bond motifs is 1. The van der Waals surface area contributed by atoms with E-state index < -0.39 is 0 Å². The number of aryl methyl sites for hydroxylation is 1. The van der Waals surface area contributed by atoms with E-state index in [9.17, 15) is 9.59 Å². The van der Waals surface area contributed by atoms with Crippen molar-refractivity contribution in [3.8, 4) is 17.1 Å². The Morgan fingerprint density at radius 2 is 1.97 bits per heavy atom. The van der Waals surface area contributed by atoms with Crippen molar-refractivity contribution in [1.82, 2.24) is 19.2 Å². The molecule has 2 aromatic carbocycles. The smallest absolute Gasteiger partial charge is 0.275 e. The number of aromatic nitrogens is 4. The van der Waals surface area contributed by atoms with E-state index >= 15 is 0 Å². The van der Waals surface area contributed by atoms with Gasteiger partial charge in [0.05, 0.1) is 12.1 Å². The molecule has 0 spiro atoms. The molecule has 8 nitrogen and oxygen atoms in total. The molecule has 30 heavy (non-hydrogen) atoms. The van der Waals surface area contributed by atoms with Gasteiger partial charge in [0.15, 0.2) is 5.82 Å². The van der Waals surface area contributed by atoms with Crippen LogP contribution in [-0.4, -0.2) is 32.2 Å². The molecule has 0 aliphatic heterocycles. The largest absolute Gasteiger partial charge is 0.497 e. The number of halogens is 1. The van der Waals surface area contributed by atoms with Crippen molar-refractivity contribution in [3.05, 3.63) is 75.7 Å². The van der Waals surface area contributed by atoms with Gasteiger partial charge in [-0.25, -0.2) is 0 Å². The third kappa shape index (κ3) is 3.77. The van der Waals surface area contributed by atoms with E-state index in [4.69, 9.17) is 16.3 Å². The maximum absolute atomic E-state index is 12.7. The van der Waals surface area contributed by atoms with Crippen LogP contribution in [0.2, 0.25) is 5.02 Å². The Morgan fingerprint density at radius 1 is 1.17 bits per heavy atom. The number of carbonyl (C=O) groups is 1. The van der Waals surface area contributed by atoms with Crippen molar-refractivity contribution in [2.75, 3.05) is 12.4 Å². The van der Waals surface area contributed by atoms with Crippen LogP contribution >= 0.6 is 11.6 Å². The molecular formula is C21H18ClN5O3. The number of hydrogen-bond donors (Lipinski definition) is 1. The number of ether oxygens (including phenoxy) is 1. The lowest BCUT2D eigenvalue weighted by Crippen LogP contribution is -2.25. The van der Waals surface area contributed by atoms with Gasteiger partial charge >= 0.3 is 0 Å². The Kier molecular flexibility index (Phi) is 5.24. The minimum Gasteiger partial charge on any atom is -0.497 e. The fourth-order valence-corrected chi connectivity index (χ4v) is 3.32. The van der Waals surface area contributed by atoms with E-state index in [0.717, 1.165) is 0 Å². The van der Waals surface area contributed by atoms with Gasteiger partial charge in [0.1, 0.15) is 12.3 Å². The second kappa shape index (κ2) is 8.00. The number of nitrogens with zero attached hydrogens (tertiary/aromatic N) is 4. The molecule has 2 heterocycles. The van der Waals surface area contributed by atoms with Crippen LogP contribution in [0.5, 0.6) is 5.75 Å². The van der Waals surface area contributed by atoms with Gasteiger partial charge in [0.2, 0.25) is 11.7 Å². The normalized spacial score (nSPS) is 10.9. The van der Waals surface area contributed by atoms with Gasteiger partial charge in [-0.15, -0.1) is 5.10 Å². The van der Waals surface area contributed by atoms with Crippen LogP contribution in [0.1, 0.15) is 5.69 Å². The van der Waals surface area contributed by atoms with Crippen molar-refractivity contribution in [1.29, 1.82) is 0 Å². The maximum Gasteiger partial charge on any atom is 0.275 e. The van der Waals surface area contributed by atoms with Gasteiger partial charge in [-0.2, -0.15) is 9.50 Å². The summed E-state index contributed by atoms with van der Waals surface area (Å²) in [6.45, 7) is 1.69. The number of amides is 1.